The molecule has 104 valence electrons. The fraction of sp³-hybridized carbons (Fsp3) is 0.0769. The van der Waals surface area contributed by atoms with E-state index in [9.17, 15) is 9.59 Å². The molecule has 0 bridgehead atoms. The molecule has 0 atom stereocenters. The zero-order chi connectivity index (χ0) is 15.1. The summed E-state index contributed by atoms with van der Waals surface area (Å²) in [5.74, 6) is -0.992. The molecule has 0 amide bonds. The Morgan fingerprint density at radius 3 is 1.75 bits per heavy atom. The molecule has 1 N–H and O–H groups in total. The van der Waals surface area contributed by atoms with Crippen molar-refractivity contribution >= 4 is 35.0 Å². The number of rotatable bonds is 2. The van der Waals surface area contributed by atoms with Crippen molar-refractivity contribution in [3.05, 3.63) is 58.1 Å². The summed E-state index contributed by atoms with van der Waals surface area (Å²) in [7, 11) is 0. The minimum atomic E-state index is -0.996. The number of halogens is 2. The van der Waals surface area contributed by atoms with E-state index in [1.165, 1.54) is 31.5 Å². The van der Waals surface area contributed by atoms with Crippen LogP contribution in [0.2, 0.25) is 10.3 Å². The second-order valence-corrected chi connectivity index (χ2v) is 4.37. The van der Waals surface area contributed by atoms with E-state index in [0.717, 1.165) is 0 Å². The molecule has 2 heterocycles. The van der Waals surface area contributed by atoms with Gasteiger partial charge in [-0.15, -0.1) is 0 Å². The van der Waals surface area contributed by atoms with E-state index in [1.807, 2.05) is 0 Å². The van der Waals surface area contributed by atoms with Crippen molar-refractivity contribution in [2.24, 2.45) is 0 Å². The van der Waals surface area contributed by atoms with Gasteiger partial charge in [0.2, 0.25) is 0 Å². The van der Waals surface area contributed by atoms with Crippen molar-refractivity contribution in [1.29, 1.82) is 0 Å². The highest BCUT2D eigenvalue weighted by Crippen LogP contribution is 2.07. The lowest BCUT2D eigenvalue weighted by atomic mass is 10.2. The smallest absolute Gasteiger partial charge is 0.335 e. The summed E-state index contributed by atoms with van der Waals surface area (Å²) in [6.07, 6.45) is 2.87. The van der Waals surface area contributed by atoms with Gasteiger partial charge in [-0.1, -0.05) is 23.2 Å². The van der Waals surface area contributed by atoms with Crippen LogP contribution < -0.4 is 0 Å². The molecule has 20 heavy (non-hydrogen) atoms. The molecule has 7 heteroatoms. The Morgan fingerprint density at radius 1 is 1.00 bits per heavy atom. The molecule has 2 aromatic rings. The van der Waals surface area contributed by atoms with E-state index in [1.54, 1.807) is 12.1 Å². The van der Waals surface area contributed by atoms with Crippen molar-refractivity contribution in [1.82, 2.24) is 9.97 Å². The minimum absolute atomic E-state index is 0.00398. The Kier molecular flexibility index (Phi) is 6.09. The number of hydrogen-bond acceptors (Lipinski definition) is 4. The van der Waals surface area contributed by atoms with Crippen LogP contribution >= 0.6 is 23.2 Å². The lowest BCUT2D eigenvalue weighted by molar-refractivity contribution is 0.0696. The van der Waals surface area contributed by atoms with Gasteiger partial charge in [0.15, 0.2) is 5.78 Å². The molecule has 0 spiro atoms. The summed E-state index contributed by atoms with van der Waals surface area (Å²) < 4.78 is 0. The van der Waals surface area contributed by atoms with E-state index >= 15 is 0 Å². The molecule has 0 saturated carbocycles. The number of aromatic nitrogens is 2. The highest BCUT2D eigenvalue weighted by Gasteiger charge is 2.01. The molecule has 5 nitrogen and oxygen atoms in total. The summed E-state index contributed by atoms with van der Waals surface area (Å²) in [6.45, 7) is 1.49. The third-order valence-corrected chi connectivity index (χ3v) is 2.52. The van der Waals surface area contributed by atoms with Crippen molar-refractivity contribution in [2.45, 2.75) is 6.92 Å². The first-order valence-electron chi connectivity index (χ1n) is 5.37. The number of ketones is 1. The quantitative estimate of drug-likeness (QED) is 0.679. The van der Waals surface area contributed by atoms with E-state index in [2.05, 4.69) is 9.97 Å². The largest absolute Gasteiger partial charge is 0.478 e. The molecule has 2 aromatic heterocycles. The highest BCUT2D eigenvalue weighted by atomic mass is 35.5. The Balaban J connectivity index is 0.000000200. The van der Waals surface area contributed by atoms with E-state index in [4.69, 9.17) is 28.3 Å². The van der Waals surface area contributed by atoms with Gasteiger partial charge in [-0.25, -0.2) is 14.8 Å². The topological polar surface area (TPSA) is 80.2 Å². The molecule has 0 aliphatic heterocycles. The average Bonchev–Trinajstić information content (AvgIpc) is 2.39. The lowest BCUT2D eigenvalue weighted by Gasteiger charge is -1.92. The van der Waals surface area contributed by atoms with Gasteiger partial charge in [-0.3, -0.25) is 4.79 Å². The van der Waals surface area contributed by atoms with Crippen LogP contribution in [0.15, 0.2) is 36.7 Å². The maximum Gasteiger partial charge on any atom is 0.335 e. The van der Waals surface area contributed by atoms with Gasteiger partial charge in [0.1, 0.15) is 10.3 Å². The summed E-state index contributed by atoms with van der Waals surface area (Å²) in [5, 5.41) is 8.97. The summed E-state index contributed by atoms with van der Waals surface area (Å²) in [5.41, 5.74) is 0.750. The monoisotopic (exact) mass is 312 g/mol. The summed E-state index contributed by atoms with van der Waals surface area (Å²) in [6, 6.07) is 5.86. The van der Waals surface area contributed by atoms with Crippen LogP contribution in [0, 0.1) is 0 Å². The molecule has 0 fully saturated rings. The lowest BCUT2D eigenvalue weighted by Crippen LogP contribution is -1.95. The minimum Gasteiger partial charge on any atom is -0.478 e. The molecule has 0 aliphatic rings. The fourth-order valence-corrected chi connectivity index (χ4v) is 1.50. The van der Waals surface area contributed by atoms with Crippen molar-refractivity contribution in [3.63, 3.8) is 0 Å². The first kappa shape index (κ1) is 16.1. The molecular formula is C13H10Cl2N2O3. The van der Waals surface area contributed by atoms with E-state index < -0.39 is 5.97 Å². The Labute approximate surface area is 125 Å². The molecular weight excluding hydrogens is 303 g/mol. The maximum atomic E-state index is 10.7. The van der Waals surface area contributed by atoms with E-state index in [0.29, 0.717) is 10.7 Å². The van der Waals surface area contributed by atoms with Crippen molar-refractivity contribution < 1.29 is 14.7 Å². The van der Waals surface area contributed by atoms with Gasteiger partial charge in [0, 0.05) is 18.0 Å². The van der Waals surface area contributed by atoms with Crippen LogP contribution in [0.25, 0.3) is 0 Å². The molecule has 0 radical (unpaired) electrons. The van der Waals surface area contributed by atoms with Crippen LogP contribution in [0.5, 0.6) is 0 Å². The number of Topliss-reactive ketones (excluding diaryl/α,β-unsaturated/α-hetero) is 1. The number of aromatic carboxylic acids is 1. The van der Waals surface area contributed by atoms with Crippen molar-refractivity contribution in [2.75, 3.05) is 0 Å². The van der Waals surface area contributed by atoms with Crippen LogP contribution in [0.3, 0.4) is 0 Å². The summed E-state index contributed by atoms with van der Waals surface area (Å²) in [4.78, 5) is 28.3. The van der Waals surface area contributed by atoms with Crippen LogP contribution in [-0.2, 0) is 0 Å². The molecule has 0 aliphatic carbocycles. The third-order valence-electron chi connectivity index (χ3n) is 2.11. The third kappa shape index (κ3) is 5.34. The van der Waals surface area contributed by atoms with Gasteiger partial charge in [0.05, 0.1) is 5.56 Å². The first-order valence-corrected chi connectivity index (χ1v) is 6.13. The van der Waals surface area contributed by atoms with Gasteiger partial charge in [0.25, 0.3) is 0 Å². The second kappa shape index (κ2) is 7.57. The average molecular weight is 313 g/mol. The van der Waals surface area contributed by atoms with E-state index in [-0.39, 0.29) is 16.5 Å². The Morgan fingerprint density at radius 2 is 1.45 bits per heavy atom. The normalized spacial score (nSPS) is 9.35. The molecule has 2 rings (SSSR count). The van der Waals surface area contributed by atoms with Gasteiger partial charge >= 0.3 is 5.97 Å². The fourth-order valence-electron chi connectivity index (χ4n) is 1.16. The number of pyridine rings is 2. The number of carboxylic acid groups (broad SMARTS) is 1. The first-order chi connectivity index (χ1) is 9.40. The Hall–Kier alpha value is -1.98. The zero-order valence-electron chi connectivity index (χ0n) is 10.4. The summed E-state index contributed by atoms with van der Waals surface area (Å²) >= 11 is 10.9. The number of nitrogens with zero attached hydrogens (tertiary/aromatic N) is 2. The number of carboxylic acids is 1. The predicted octanol–water partition coefficient (Wildman–Crippen LogP) is 3.37. The Bertz CT molecular complexity index is 577. The number of carbonyl (C=O) groups excluding carboxylic acids is 1. The van der Waals surface area contributed by atoms with Gasteiger partial charge in [-0.2, -0.15) is 0 Å². The second-order valence-electron chi connectivity index (χ2n) is 3.60. The van der Waals surface area contributed by atoms with Crippen molar-refractivity contribution in [3.8, 4) is 0 Å². The van der Waals surface area contributed by atoms with Crippen LogP contribution in [0.1, 0.15) is 27.6 Å². The maximum absolute atomic E-state index is 10.7. The highest BCUT2D eigenvalue weighted by molar-refractivity contribution is 6.30. The molecule has 0 saturated heterocycles. The molecule has 0 unspecified atom stereocenters. The number of carbonyl (C=O) groups is 2. The predicted molar refractivity (Wildman–Crippen MR) is 75.5 cm³/mol. The van der Waals surface area contributed by atoms with Crippen LogP contribution in [0.4, 0.5) is 0 Å². The standard InChI is InChI=1S/C7H6ClNO.C6H4ClNO2/c1-5(10)6-2-3-9-7(8)4-6;7-5-3-4(6(9)10)1-2-8-5/h2-4H,1H3;1-3H,(H,9,10). The zero-order valence-corrected chi connectivity index (χ0v) is 11.9. The SMILES string of the molecule is CC(=O)c1ccnc(Cl)c1.O=C(O)c1ccnc(Cl)c1. The van der Waals surface area contributed by atoms with Gasteiger partial charge in [-0.05, 0) is 31.2 Å². The molecule has 0 aromatic carbocycles. The van der Waals surface area contributed by atoms with Gasteiger partial charge < -0.3 is 5.11 Å². The number of hydrogen-bond donors (Lipinski definition) is 1. The van der Waals surface area contributed by atoms with Crippen LogP contribution in [-0.4, -0.2) is 26.8 Å².